The van der Waals surface area contributed by atoms with Crippen molar-refractivity contribution in [1.29, 1.82) is 0 Å². The molecular weight excluding hydrogens is 346 g/mol. The van der Waals surface area contributed by atoms with E-state index < -0.39 is 0 Å². The molecule has 0 spiro atoms. The van der Waals surface area contributed by atoms with Gasteiger partial charge in [0.2, 0.25) is 0 Å². The molecule has 4 rings (SSSR count). The number of ether oxygens (including phenoxy) is 1. The molecule has 1 aromatic heterocycles. The van der Waals surface area contributed by atoms with E-state index >= 15 is 0 Å². The Kier molecular flexibility index (Phi) is 4.64. The van der Waals surface area contributed by atoms with Crippen LogP contribution in [0.4, 0.5) is 5.69 Å². The van der Waals surface area contributed by atoms with Crippen molar-refractivity contribution in [2.24, 2.45) is 4.99 Å². The molecule has 25 heavy (non-hydrogen) atoms. The summed E-state index contributed by atoms with van der Waals surface area (Å²) in [7, 11) is 1.70. The van der Waals surface area contributed by atoms with Crippen molar-refractivity contribution >= 4 is 34.5 Å². The van der Waals surface area contributed by atoms with E-state index in [9.17, 15) is 0 Å². The molecule has 0 N–H and O–H groups in total. The first kappa shape index (κ1) is 16.4. The Morgan fingerprint density at radius 2 is 1.92 bits per heavy atom. The van der Waals surface area contributed by atoms with Crippen molar-refractivity contribution in [3.63, 3.8) is 0 Å². The van der Waals surface area contributed by atoms with Crippen LogP contribution in [0.3, 0.4) is 0 Å². The molecule has 2 nitrogen and oxygen atoms in total. The van der Waals surface area contributed by atoms with Crippen LogP contribution in [0.25, 0.3) is 0 Å². The van der Waals surface area contributed by atoms with Gasteiger partial charge in [-0.3, -0.25) is 4.99 Å². The fraction of sp³-hybridized carbons (Fsp3) is 0.190. The van der Waals surface area contributed by atoms with E-state index in [1.165, 1.54) is 26.6 Å². The third kappa shape index (κ3) is 3.51. The largest absolute Gasteiger partial charge is 0.497 e. The van der Waals surface area contributed by atoms with Gasteiger partial charge >= 0.3 is 0 Å². The number of rotatable bonds is 3. The molecule has 0 fully saturated rings. The summed E-state index contributed by atoms with van der Waals surface area (Å²) in [4.78, 5) is 7.53. The van der Waals surface area contributed by atoms with Gasteiger partial charge in [-0.2, -0.15) is 0 Å². The molecule has 0 aliphatic carbocycles. The van der Waals surface area contributed by atoms with E-state index in [0.29, 0.717) is 5.25 Å². The topological polar surface area (TPSA) is 21.6 Å². The van der Waals surface area contributed by atoms with Crippen LogP contribution in [0, 0.1) is 6.92 Å². The summed E-state index contributed by atoms with van der Waals surface area (Å²) in [5.41, 5.74) is 4.83. The number of hydrogen-bond acceptors (Lipinski definition) is 4. The summed E-state index contributed by atoms with van der Waals surface area (Å²) in [5.74, 6) is 0.894. The van der Waals surface area contributed by atoms with E-state index in [2.05, 4.69) is 54.8 Å². The van der Waals surface area contributed by atoms with Crippen LogP contribution in [0.1, 0.15) is 27.7 Å². The summed E-state index contributed by atoms with van der Waals surface area (Å²) >= 11 is 3.67. The number of aryl methyl sites for hydroxylation is 1. The van der Waals surface area contributed by atoms with Gasteiger partial charge in [0.15, 0.2) is 0 Å². The molecule has 1 aliphatic heterocycles. The first-order valence-electron chi connectivity index (χ1n) is 8.25. The van der Waals surface area contributed by atoms with Crippen LogP contribution in [0.5, 0.6) is 5.75 Å². The quantitative estimate of drug-likeness (QED) is 0.534. The zero-order valence-electron chi connectivity index (χ0n) is 14.2. The van der Waals surface area contributed by atoms with Gasteiger partial charge in [0.05, 0.1) is 18.5 Å². The van der Waals surface area contributed by atoms with E-state index in [1.807, 2.05) is 23.9 Å². The van der Waals surface area contributed by atoms with Gasteiger partial charge in [-0.1, -0.05) is 24.3 Å². The Morgan fingerprint density at radius 1 is 1.08 bits per heavy atom. The van der Waals surface area contributed by atoms with Crippen molar-refractivity contribution in [1.82, 2.24) is 0 Å². The first-order chi connectivity index (χ1) is 12.2. The fourth-order valence-corrected chi connectivity index (χ4v) is 5.03. The smallest absolute Gasteiger partial charge is 0.118 e. The maximum atomic E-state index is 5.30. The Bertz CT molecular complexity index is 898. The van der Waals surface area contributed by atoms with Gasteiger partial charge in [-0.25, -0.2) is 0 Å². The summed E-state index contributed by atoms with van der Waals surface area (Å²) in [5, 5.41) is 2.46. The number of aliphatic imine (C=N–C) groups is 1. The number of nitrogens with zero attached hydrogens (tertiary/aromatic N) is 1. The van der Waals surface area contributed by atoms with Crippen molar-refractivity contribution < 1.29 is 4.74 Å². The summed E-state index contributed by atoms with van der Waals surface area (Å²) in [6.45, 7) is 2.14. The Labute approximate surface area is 156 Å². The minimum Gasteiger partial charge on any atom is -0.497 e. The molecule has 1 atom stereocenters. The molecule has 0 radical (unpaired) electrons. The van der Waals surface area contributed by atoms with Crippen LogP contribution in [-0.4, -0.2) is 12.8 Å². The highest BCUT2D eigenvalue weighted by Gasteiger charge is 2.23. The number of thioether (sulfide) groups is 1. The Balaban J connectivity index is 1.77. The second-order valence-electron chi connectivity index (χ2n) is 6.09. The van der Waals surface area contributed by atoms with Gasteiger partial charge in [-0.05, 0) is 53.8 Å². The van der Waals surface area contributed by atoms with Crippen LogP contribution >= 0.6 is 23.1 Å². The number of methoxy groups -OCH3 is 1. The number of benzene rings is 2. The lowest BCUT2D eigenvalue weighted by atomic mass is 10.1. The van der Waals surface area contributed by atoms with Crippen molar-refractivity contribution in [3.8, 4) is 5.75 Å². The zero-order valence-corrected chi connectivity index (χ0v) is 15.9. The van der Waals surface area contributed by atoms with E-state index in [0.717, 1.165) is 17.9 Å². The molecular formula is C21H19NOS2. The Hall–Kier alpha value is -2.04. The molecule has 2 aromatic carbocycles. The average molecular weight is 366 g/mol. The Morgan fingerprint density at radius 3 is 2.64 bits per heavy atom. The van der Waals surface area contributed by atoms with Crippen molar-refractivity contribution in [2.45, 2.75) is 23.5 Å². The number of hydrogen-bond donors (Lipinski definition) is 0. The molecule has 0 bridgehead atoms. The maximum Gasteiger partial charge on any atom is 0.118 e. The van der Waals surface area contributed by atoms with E-state index in [-0.39, 0.29) is 0 Å². The number of fused-ring (bicyclic) bond motifs is 1. The first-order valence-corrected chi connectivity index (χ1v) is 10.0. The normalized spacial score (nSPS) is 16.7. The van der Waals surface area contributed by atoms with E-state index in [1.54, 1.807) is 18.4 Å². The third-order valence-electron chi connectivity index (χ3n) is 4.31. The SMILES string of the molecule is COc1ccc(C2CC(c3cccs3)=Nc3ccc(C)cc3S2)cc1. The molecule has 0 saturated heterocycles. The predicted octanol–water partition coefficient (Wildman–Crippen LogP) is 6.42. The van der Waals surface area contributed by atoms with Gasteiger partial charge < -0.3 is 4.74 Å². The molecule has 0 amide bonds. The molecule has 126 valence electrons. The second-order valence-corrected chi connectivity index (χ2v) is 8.28. The highest BCUT2D eigenvalue weighted by Crippen LogP contribution is 2.46. The second kappa shape index (κ2) is 7.06. The molecule has 2 heterocycles. The zero-order chi connectivity index (χ0) is 17.2. The summed E-state index contributed by atoms with van der Waals surface area (Å²) in [6, 6.07) is 19.2. The number of thiophene rings is 1. The predicted molar refractivity (Wildman–Crippen MR) is 108 cm³/mol. The lowest BCUT2D eigenvalue weighted by molar-refractivity contribution is 0.414. The van der Waals surface area contributed by atoms with Gasteiger partial charge in [-0.15, -0.1) is 23.1 Å². The fourth-order valence-electron chi connectivity index (χ4n) is 2.97. The minimum absolute atomic E-state index is 0.342. The highest BCUT2D eigenvalue weighted by molar-refractivity contribution is 7.99. The van der Waals surface area contributed by atoms with Crippen LogP contribution < -0.4 is 4.74 Å². The molecule has 1 unspecified atom stereocenters. The lowest BCUT2D eigenvalue weighted by Crippen LogP contribution is -2.03. The standard InChI is InChI=1S/C21H19NOS2/c1-14-5-10-17-21(12-14)25-20(15-6-8-16(23-2)9-7-15)13-18(22-17)19-4-3-11-24-19/h3-12,20H,13H2,1-2H3. The molecule has 0 saturated carbocycles. The molecule has 1 aliphatic rings. The van der Waals surface area contributed by atoms with Gasteiger partial charge in [0, 0.05) is 21.4 Å². The highest BCUT2D eigenvalue weighted by atomic mass is 32.2. The van der Waals surface area contributed by atoms with Crippen molar-refractivity contribution in [2.75, 3.05) is 7.11 Å². The molecule has 4 heteroatoms. The minimum atomic E-state index is 0.342. The average Bonchev–Trinajstić information content (AvgIpc) is 3.10. The van der Waals surface area contributed by atoms with Crippen LogP contribution in [0.15, 0.2) is 69.9 Å². The third-order valence-corrected chi connectivity index (χ3v) is 6.54. The lowest BCUT2D eigenvalue weighted by Gasteiger charge is -2.16. The van der Waals surface area contributed by atoms with Crippen LogP contribution in [-0.2, 0) is 0 Å². The summed E-state index contributed by atoms with van der Waals surface area (Å²) in [6.07, 6.45) is 0.922. The maximum absolute atomic E-state index is 5.30. The van der Waals surface area contributed by atoms with E-state index in [4.69, 9.17) is 9.73 Å². The van der Waals surface area contributed by atoms with Gasteiger partial charge in [0.25, 0.3) is 0 Å². The van der Waals surface area contributed by atoms with Crippen molar-refractivity contribution in [3.05, 3.63) is 76.0 Å². The molecule has 3 aromatic rings. The monoisotopic (exact) mass is 365 g/mol. The van der Waals surface area contributed by atoms with Crippen LogP contribution in [0.2, 0.25) is 0 Å². The summed E-state index contributed by atoms with van der Waals surface area (Å²) < 4.78 is 5.30. The van der Waals surface area contributed by atoms with Gasteiger partial charge in [0.1, 0.15) is 5.75 Å².